The summed E-state index contributed by atoms with van der Waals surface area (Å²) in [5.41, 5.74) is -0.0691. The van der Waals surface area contributed by atoms with Crippen molar-refractivity contribution < 1.29 is 38.1 Å². The second kappa shape index (κ2) is 8.83. The number of hydrogen-bond acceptors (Lipinski definition) is 8. The van der Waals surface area contributed by atoms with Crippen LogP contribution in [0, 0.1) is 28.1 Å². The first-order chi connectivity index (χ1) is 16.8. The fourth-order valence-electron chi connectivity index (χ4n) is 6.77. The van der Waals surface area contributed by atoms with E-state index < -0.39 is 40.6 Å². The number of ether oxygens (including phenoxy) is 4. The average Bonchev–Trinajstić information content (AvgIpc) is 3.20. The molecular formula is C28H34O8. The number of rotatable bonds is 5. The minimum atomic E-state index is -0.924. The zero-order valence-electron chi connectivity index (χ0n) is 21.7. The molecule has 2 aliphatic carbocycles. The number of allylic oxidation sites excluding steroid dienone is 3. The quantitative estimate of drug-likeness (QED) is 0.418. The molecule has 0 aromatic carbocycles. The molecule has 1 fully saturated rings. The number of carbonyl (C=O) groups is 4. The summed E-state index contributed by atoms with van der Waals surface area (Å²) in [6, 6.07) is 0. The van der Waals surface area contributed by atoms with Crippen molar-refractivity contribution in [3.05, 3.63) is 47.6 Å². The van der Waals surface area contributed by atoms with Crippen LogP contribution in [-0.2, 0) is 38.1 Å². The first-order valence-corrected chi connectivity index (χ1v) is 12.2. The van der Waals surface area contributed by atoms with E-state index in [1.807, 2.05) is 26.8 Å². The largest absolute Gasteiger partial charge is 0.469 e. The van der Waals surface area contributed by atoms with Gasteiger partial charge in [0.25, 0.3) is 0 Å². The van der Waals surface area contributed by atoms with Crippen molar-refractivity contribution in [1.82, 2.24) is 0 Å². The van der Waals surface area contributed by atoms with Crippen LogP contribution < -0.4 is 0 Å². The van der Waals surface area contributed by atoms with Crippen LogP contribution in [0.5, 0.6) is 0 Å². The summed E-state index contributed by atoms with van der Waals surface area (Å²) >= 11 is 0. The molecule has 0 bridgehead atoms. The smallest absolute Gasteiger partial charge is 0.333 e. The number of esters is 3. The Kier molecular flexibility index (Phi) is 6.40. The maximum absolute atomic E-state index is 12.9. The van der Waals surface area contributed by atoms with E-state index in [2.05, 4.69) is 13.5 Å². The van der Waals surface area contributed by atoms with Gasteiger partial charge < -0.3 is 18.9 Å². The van der Waals surface area contributed by atoms with Crippen LogP contribution >= 0.6 is 0 Å². The average molecular weight is 499 g/mol. The molecule has 4 aliphatic rings. The molecule has 1 saturated carbocycles. The molecule has 0 radical (unpaired) electrons. The van der Waals surface area contributed by atoms with Crippen LogP contribution in [0.15, 0.2) is 47.6 Å². The van der Waals surface area contributed by atoms with Gasteiger partial charge in [0, 0.05) is 35.7 Å². The first kappa shape index (κ1) is 26.1. The molecule has 6 atom stereocenters. The van der Waals surface area contributed by atoms with Crippen molar-refractivity contribution in [3.63, 3.8) is 0 Å². The number of hydrogen-bond donors (Lipinski definition) is 0. The SMILES string of the molecule is C=C1C2=CC(=O)O[C@@H](C3=CC(=O)OC3OC)[C@]2(C)CC[C@@H]1[C@@]1(C)C=CC(=O)C(C)(C)[C@@H]1CC(=O)OC. The molecule has 0 spiro atoms. The Morgan fingerprint density at radius 2 is 1.75 bits per heavy atom. The molecule has 4 rings (SSSR count). The van der Waals surface area contributed by atoms with E-state index in [-0.39, 0.29) is 30.0 Å². The van der Waals surface area contributed by atoms with E-state index in [0.29, 0.717) is 18.4 Å². The third-order valence-electron chi connectivity index (χ3n) is 8.91. The van der Waals surface area contributed by atoms with Gasteiger partial charge >= 0.3 is 17.9 Å². The number of fused-ring (bicyclic) bond motifs is 1. The van der Waals surface area contributed by atoms with Gasteiger partial charge in [-0.2, -0.15) is 0 Å². The lowest BCUT2D eigenvalue weighted by atomic mass is 9.48. The van der Waals surface area contributed by atoms with Gasteiger partial charge in [0.1, 0.15) is 6.10 Å². The third kappa shape index (κ3) is 3.86. The van der Waals surface area contributed by atoms with Crippen LogP contribution in [-0.4, -0.2) is 50.3 Å². The standard InChI is InChI=1S/C28H34O8/c1-15-17(27(4)11-9-20(29)26(2,3)19(27)14-21(30)33-6)8-10-28(5)18(15)13-23(32)35-24(28)16-12-22(31)36-25(16)34-7/h9,11-13,17,19,24-25H,1,8,10,14H2,2-7H3/t17-,19-,24-,25?,27+,28+/m0/s1. The highest BCUT2D eigenvalue weighted by atomic mass is 16.7. The topological polar surface area (TPSA) is 105 Å². The molecule has 8 nitrogen and oxygen atoms in total. The van der Waals surface area contributed by atoms with Crippen molar-refractivity contribution in [3.8, 4) is 0 Å². The zero-order chi connectivity index (χ0) is 26.6. The molecule has 194 valence electrons. The predicted octanol–water partition coefficient (Wildman–Crippen LogP) is 3.62. The minimum absolute atomic E-state index is 0.0379. The van der Waals surface area contributed by atoms with E-state index in [1.165, 1.54) is 26.4 Å². The van der Waals surface area contributed by atoms with Crippen LogP contribution in [0.3, 0.4) is 0 Å². The Labute approximate surface area is 211 Å². The van der Waals surface area contributed by atoms with E-state index in [4.69, 9.17) is 18.9 Å². The predicted molar refractivity (Wildman–Crippen MR) is 129 cm³/mol. The molecule has 1 unspecified atom stereocenters. The molecule has 0 amide bonds. The van der Waals surface area contributed by atoms with E-state index in [0.717, 1.165) is 11.1 Å². The highest BCUT2D eigenvalue weighted by molar-refractivity contribution is 5.96. The maximum Gasteiger partial charge on any atom is 0.333 e. The second-order valence-electron chi connectivity index (χ2n) is 11.2. The Hall–Kier alpha value is -3.00. The highest BCUT2D eigenvalue weighted by Crippen LogP contribution is 2.61. The Bertz CT molecular complexity index is 1120. The number of carbonyl (C=O) groups excluding carboxylic acids is 4. The lowest BCUT2D eigenvalue weighted by Crippen LogP contribution is -2.53. The summed E-state index contributed by atoms with van der Waals surface area (Å²) in [6.07, 6.45) is 6.02. The van der Waals surface area contributed by atoms with Gasteiger partial charge in [-0.15, -0.1) is 0 Å². The second-order valence-corrected chi connectivity index (χ2v) is 11.2. The van der Waals surface area contributed by atoms with Gasteiger partial charge in [-0.1, -0.05) is 40.3 Å². The van der Waals surface area contributed by atoms with Gasteiger partial charge in [-0.25, -0.2) is 9.59 Å². The lowest BCUT2D eigenvalue weighted by Gasteiger charge is -2.55. The van der Waals surface area contributed by atoms with Gasteiger partial charge in [0.05, 0.1) is 13.5 Å². The van der Waals surface area contributed by atoms with E-state index >= 15 is 0 Å². The number of methoxy groups -OCH3 is 2. The Balaban J connectivity index is 1.75. The summed E-state index contributed by atoms with van der Waals surface area (Å²) in [4.78, 5) is 50.0. The molecule has 0 N–H and O–H groups in total. The van der Waals surface area contributed by atoms with Gasteiger partial charge in [-0.05, 0) is 47.3 Å². The summed E-state index contributed by atoms with van der Waals surface area (Å²) in [5, 5.41) is 0. The van der Waals surface area contributed by atoms with Crippen molar-refractivity contribution >= 4 is 23.7 Å². The first-order valence-electron chi connectivity index (χ1n) is 12.2. The normalized spacial score (nSPS) is 37.5. The zero-order valence-corrected chi connectivity index (χ0v) is 21.7. The summed E-state index contributed by atoms with van der Waals surface area (Å²) in [5.74, 6) is -1.97. The van der Waals surface area contributed by atoms with Gasteiger partial charge in [-0.3, -0.25) is 9.59 Å². The van der Waals surface area contributed by atoms with Crippen molar-refractivity contribution in [2.75, 3.05) is 14.2 Å². The summed E-state index contributed by atoms with van der Waals surface area (Å²) < 4.78 is 21.3. The van der Waals surface area contributed by atoms with Crippen LogP contribution in [0.25, 0.3) is 0 Å². The number of ketones is 1. The number of cyclic esters (lactones) is 2. The molecule has 2 aliphatic heterocycles. The third-order valence-corrected chi connectivity index (χ3v) is 8.91. The molecule has 8 heteroatoms. The van der Waals surface area contributed by atoms with Gasteiger partial charge in [0.2, 0.25) is 6.29 Å². The lowest BCUT2D eigenvalue weighted by molar-refractivity contribution is -0.161. The van der Waals surface area contributed by atoms with Crippen LogP contribution in [0.2, 0.25) is 0 Å². The Morgan fingerprint density at radius 1 is 1.08 bits per heavy atom. The van der Waals surface area contributed by atoms with Crippen molar-refractivity contribution in [2.24, 2.45) is 28.1 Å². The maximum atomic E-state index is 12.9. The molecule has 2 heterocycles. The van der Waals surface area contributed by atoms with E-state index in [9.17, 15) is 19.2 Å². The molecule has 0 saturated heterocycles. The molecule has 0 aromatic heterocycles. The van der Waals surface area contributed by atoms with Gasteiger partial charge in [0.15, 0.2) is 5.78 Å². The molecular weight excluding hydrogens is 464 g/mol. The highest BCUT2D eigenvalue weighted by Gasteiger charge is 2.58. The molecule has 36 heavy (non-hydrogen) atoms. The van der Waals surface area contributed by atoms with Crippen LogP contribution in [0.1, 0.15) is 47.0 Å². The summed E-state index contributed by atoms with van der Waals surface area (Å²) in [6.45, 7) is 12.2. The minimum Gasteiger partial charge on any atom is -0.469 e. The van der Waals surface area contributed by atoms with E-state index in [1.54, 1.807) is 6.08 Å². The monoisotopic (exact) mass is 498 g/mol. The van der Waals surface area contributed by atoms with Crippen molar-refractivity contribution in [2.45, 2.75) is 59.4 Å². The summed E-state index contributed by atoms with van der Waals surface area (Å²) in [7, 11) is 2.77. The molecule has 0 aromatic rings. The fraction of sp³-hybridized carbons (Fsp3) is 0.571. The van der Waals surface area contributed by atoms with Crippen LogP contribution in [0.4, 0.5) is 0 Å². The van der Waals surface area contributed by atoms with Crippen molar-refractivity contribution in [1.29, 1.82) is 0 Å². The fourth-order valence-corrected chi connectivity index (χ4v) is 6.77. The Morgan fingerprint density at radius 3 is 2.39 bits per heavy atom.